The molecule has 1 saturated heterocycles. The average Bonchev–Trinajstić information content (AvgIpc) is 3.16. The number of aromatic nitrogens is 3. The normalized spacial score (nSPS) is 19.6. The Kier molecular flexibility index (Phi) is 5.97. The van der Waals surface area contributed by atoms with Gasteiger partial charge in [0, 0.05) is 37.2 Å². The van der Waals surface area contributed by atoms with Crippen molar-refractivity contribution in [2.24, 2.45) is 5.92 Å². The van der Waals surface area contributed by atoms with Gasteiger partial charge in [0.2, 0.25) is 0 Å². The average molecular weight is 395 g/mol. The summed E-state index contributed by atoms with van der Waals surface area (Å²) in [6.45, 7) is 7.32. The van der Waals surface area contributed by atoms with E-state index in [1.807, 2.05) is 35.0 Å². The molecule has 0 saturated carbocycles. The molecule has 0 bridgehead atoms. The molecule has 2 aromatic heterocycles. The first-order valence-electron chi connectivity index (χ1n) is 10.4. The first kappa shape index (κ1) is 19.7. The van der Waals surface area contributed by atoms with Crippen LogP contribution in [0.2, 0.25) is 0 Å². The number of nitrogens with one attached hydrogen (secondary N) is 3. The zero-order valence-electron chi connectivity index (χ0n) is 17.1. The maximum absolute atomic E-state index is 10.2. The third-order valence-corrected chi connectivity index (χ3v) is 5.57. The Morgan fingerprint density at radius 3 is 2.83 bits per heavy atom. The summed E-state index contributed by atoms with van der Waals surface area (Å²) in [6.07, 6.45) is 2.54. The number of rotatable bonds is 7. The van der Waals surface area contributed by atoms with Crippen LogP contribution >= 0.6 is 0 Å². The molecule has 0 radical (unpaired) electrons. The van der Waals surface area contributed by atoms with Gasteiger partial charge in [-0.2, -0.15) is 9.61 Å². The lowest BCUT2D eigenvalue weighted by atomic mass is 9.95. The number of aliphatic hydroxyl groups excluding tert-OH is 1. The van der Waals surface area contributed by atoms with E-state index in [4.69, 9.17) is 4.98 Å². The SMILES string of the molecule is CC(C)c1cnn2c(NCc3ccccc3)cc(NC[C@@H]3CCNC[C@H]3O)nc12. The molecule has 0 spiro atoms. The van der Waals surface area contributed by atoms with Crippen molar-refractivity contribution in [2.45, 2.75) is 38.8 Å². The molecule has 0 amide bonds. The predicted octanol–water partition coefficient (Wildman–Crippen LogP) is 2.85. The van der Waals surface area contributed by atoms with Crippen LogP contribution in [0.4, 0.5) is 11.6 Å². The second-order valence-corrected chi connectivity index (χ2v) is 8.06. The van der Waals surface area contributed by atoms with Gasteiger partial charge in [0.15, 0.2) is 5.65 Å². The van der Waals surface area contributed by atoms with Crippen molar-refractivity contribution in [3.63, 3.8) is 0 Å². The highest BCUT2D eigenvalue weighted by atomic mass is 16.3. The molecule has 0 unspecified atom stereocenters. The number of β-amino-alcohol motifs (C(OH)–C–C–N with tert-alkyl or cyclic N) is 1. The van der Waals surface area contributed by atoms with Gasteiger partial charge in [-0.25, -0.2) is 4.98 Å². The smallest absolute Gasteiger partial charge is 0.163 e. The second-order valence-electron chi connectivity index (χ2n) is 8.06. The summed E-state index contributed by atoms with van der Waals surface area (Å²) >= 11 is 0. The van der Waals surface area contributed by atoms with Crippen LogP contribution in [0.3, 0.4) is 0 Å². The van der Waals surface area contributed by atoms with Crippen molar-refractivity contribution in [1.29, 1.82) is 0 Å². The number of anilines is 2. The highest BCUT2D eigenvalue weighted by Gasteiger charge is 2.23. The van der Waals surface area contributed by atoms with Gasteiger partial charge in [-0.15, -0.1) is 0 Å². The zero-order chi connectivity index (χ0) is 20.2. The van der Waals surface area contributed by atoms with Gasteiger partial charge >= 0.3 is 0 Å². The quantitative estimate of drug-likeness (QED) is 0.493. The van der Waals surface area contributed by atoms with Crippen LogP contribution in [0.1, 0.15) is 37.3 Å². The lowest BCUT2D eigenvalue weighted by Gasteiger charge is -2.28. The molecule has 2 atom stereocenters. The highest BCUT2D eigenvalue weighted by Crippen LogP contribution is 2.25. The largest absolute Gasteiger partial charge is 0.391 e. The summed E-state index contributed by atoms with van der Waals surface area (Å²) < 4.78 is 1.88. The first-order chi connectivity index (χ1) is 14.1. The van der Waals surface area contributed by atoms with Gasteiger partial charge in [-0.3, -0.25) is 0 Å². The van der Waals surface area contributed by atoms with Crippen LogP contribution in [0, 0.1) is 5.92 Å². The maximum Gasteiger partial charge on any atom is 0.163 e. The van der Waals surface area contributed by atoms with Crippen LogP contribution < -0.4 is 16.0 Å². The minimum Gasteiger partial charge on any atom is -0.391 e. The van der Waals surface area contributed by atoms with Crippen molar-refractivity contribution in [3.05, 3.63) is 53.7 Å². The van der Waals surface area contributed by atoms with Crippen LogP contribution in [0.25, 0.3) is 5.65 Å². The molecule has 1 aromatic carbocycles. The molecular weight excluding hydrogens is 364 g/mol. The number of nitrogens with zero attached hydrogens (tertiary/aromatic N) is 3. The summed E-state index contributed by atoms with van der Waals surface area (Å²) in [5, 5.41) is 25.0. The monoisotopic (exact) mass is 394 g/mol. The molecule has 154 valence electrons. The van der Waals surface area contributed by atoms with Gasteiger partial charge < -0.3 is 21.1 Å². The van der Waals surface area contributed by atoms with E-state index in [1.54, 1.807) is 0 Å². The van der Waals surface area contributed by atoms with Crippen molar-refractivity contribution >= 4 is 17.3 Å². The van der Waals surface area contributed by atoms with E-state index in [-0.39, 0.29) is 12.0 Å². The Balaban J connectivity index is 1.58. The van der Waals surface area contributed by atoms with Gasteiger partial charge in [-0.05, 0) is 24.4 Å². The molecule has 7 nitrogen and oxygen atoms in total. The number of hydrogen-bond donors (Lipinski definition) is 4. The second kappa shape index (κ2) is 8.80. The molecule has 4 rings (SSSR count). The number of benzene rings is 1. The van der Waals surface area contributed by atoms with Gasteiger partial charge in [0.05, 0.1) is 12.3 Å². The standard InChI is InChI=1S/C22H30N6O/c1-15(2)18-13-26-28-21(25-11-16-6-4-3-5-7-16)10-20(27-22(18)28)24-12-17-8-9-23-14-19(17)29/h3-7,10,13,15,17,19,23,25,29H,8-9,11-12,14H2,1-2H3,(H,24,27)/t17-,19+/m0/s1. The molecule has 0 aliphatic carbocycles. The fourth-order valence-corrected chi connectivity index (χ4v) is 3.76. The minimum absolute atomic E-state index is 0.226. The van der Waals surface area contributed by atoms with Crippen molar-refractivity contribution in [3.8, 4) is 0 Å². The van der Waals surface area contributed by atoms with E-state index in [0.717, 1.165) is 35.8 Å². The van der Waals surface area contributed by atoms with Crippen molar-refractivity contribution in [2.75, 3.05) is 30.3 Å². The number of hydrogen-bond acceptors (Lipinski definition) is 6. The molecule has 3 heterocycles. The lowest BCUT2D eigenvalue weighted by Crippen LogP contribution is -2.43. The van der Waals surface area contributed by atoms with Crippen LogP contribution in [-0.2, 0) is 6.54 Å². The topological polar surface area (TPSA) is 86.5 Å². The Morgan fingerprint density at radius 1 is 1.24 bits per heavy atom. The molecule has 29 heavy (non-hydrogen) atoms. The molecule has 3 aromatic rings. The molecule has 1 aliphatic rings. The summed E-state index contributed by atoms with van der Waals surface area (Å²) in [5.74, 6) is 2.27. The Hall–Kier alpha value is -2.64. The van der Waals surface area contributed by atoms with E-state index in [1.165, 1.54) is 5.56 Å². The third kappa shape index (κ3) is 4.52. The van der Waals surface area contributed by atoms with Gasteiger partial charge in [0.25, 0.3) is 0 Å². The summed E-state index contributed by atoms with van der Waals surface area (Å²) in [4.78, 5) is 4.83. The van der Waals surface area contributed by atoms with Crippen LogP contribution in [0.5, 0.6) is 0 Å². The van der Waals surface area contributed by atoms with Gasteiger partial charge in [-0.1, -0.05) is 44.2 Å². The minimum atomic E-state index is -0.322. The number of piperidine rings is 1. The van der Waals surface area contributed by atoms with Crippen LogP contribution in [0.15, 0.2) is 42.6 Å². The summed E-state index contributed by atoms with van der Waals surface area (Å²) in [7, 11) is 0. The zero-order valence-corrected chi connectivity index (χ0v) is 17.1. The summed E-state index contributed by atoms with van der Waals surface area (Å²) in [5.41, 5.74) is 3.20. The fourth-order valence-electron chi connectivity index (χ4n) is 3.76. The van der Waals surface area contributed by atoms with Gasteiger partial charge in [0.1, 0.15) is 11.6 Å². The van der Waals surface area contributed by atoms with E-state index >= 15 is 0 Å². The lowest BCUT2D eigenvalue weighted by molar-refractivity contribution is 0.0883. The number of fused-ring (bicyclic) bond motifs is 1. The Bertz CT molecular complexity index is 939. The Morgan fingerprint density at radius 2 is 2.07 bits per heavy atom. The number of aliphatic hydroxyl groups is 1. The van der Waals surface area contributed by atoms with Crippen molar-refractivity contribution in [1.82, 2.24) is 19.9 Å². The fraction of sp³-hybridized carbons (Fsp3) is 0.455. The van der Waals surface area contributed by atoms with E-state index in [0.29, 0.717) is 25.6 Å². The molecular formula is C22H30N6O. The molecule has 4 N–H and O–H groups in total. The first-order valence-corrected chi connectivity index (χ1v) is 10.4. The summed E-state index contributed by atoms with van der Waals surface area (Å²) in [6, 6.07) is 12.3. The molecule has 1 aliphatic heterocycles. The van der Waals surface area contributed by atoms with E-state index < -0.39 is 0 Å². The Labute approximate surface area is 171 Å². The van der Waals surface area contributed by atoms with Crippen LogP contribution in [-0.4, -0.2) is 45.4 Å². The third-order valence-electron chi connectivity index (χ3n) is 5.57. The highest BCUT2D eigenvalue weighted by molar-refractivity contribution is 5.61. The molecule has 1 fully saturated rings. The molecule has 7 heteroatoms. The van der Waals surface area contributed by atoms with E-state index in [9.17, 15) is 5.11 Å². The predicted molar refractivity (Wildman–Crippen MR) is 116 cm³/mol. The van der Waals surface area contributed by atoms with E-state index in [2.05, 4.69) is 47.0 Å². The van der Waals surface area contributed by atoms with Crippen molar-refractivity contribution < 1.29 is 5.11 Å². The maximum atomic E-state index is 10.2.